The van der Waals surface area contributed by atoms with Crippen molar-refractivity contribution >= 4 is 45.6 Å². The van der Waals surface area contributed by atoms with E-state index in [2.05, 4.69) is 21.5 Å². The Kier molecular flexibility index (Phi) is 9.23. The Balaban J connectivity index is 1.45. The first-order valence-electron chi connectivity index (χ1n) is 14.4. The third-order valence-electron chi connectivity index (χ3n) is 7.52. The smallest absolute Gasteiger partial charge is 0.355 e. The molecule has 8 nitrogen and oxygen atoms in total. The van der Waals surface area contributed by atoms with Crippen LogP contribution in [0, 0.1) is 30.5 Å². The first-order chi connectivity index (χ1) is 21.7. The molecule has 230 valence electrons. The Morgan fingerprint density at radius 3 is 2.73 bits per heavy atom. The van der Waals surface area contributed by atoms with Crippen molar-refractivity contribution in [2.24, 2.45) is 5.92 Å². The number of nitrogens with one attached hydrogen (secondary N) is 1. The lowest BCUT2D eigenvalue weighted by atomic mass is 9.96. The van der Waals surface area contributed by atoms with Crippen LogP contribution in [-0.2, 0) is 24.1 Å². The molecule has 3 aromatic heterocycles. The highest BCUT2D eigenvalue weighted by Gasteiger charge is 2.25. The molecule has 2 aromatic carbocycles. The van der Waals surface area contributed by atoms with Crippen LogP contribution in [-0.4, -0.2) is 34.6 Å². The molecule has 45 heavy (non-hydrogen) atoms. The number of carbonyl (C=O) groups is 1. The lowest BCUT2D eigenvalue weighted by molar-refractivity contribution is 0.0691. The Hall–Kier alpha value is -4.15. The van der Waals surface area contributed by atoms with Crippen LogP contribution in [0.15, 0.2) is 60.0 Å². The molecule has 0 spiro atoms. The predicted molar refractivity (Wildman–Crippen MR) is 174 cm³/mol. The van der Waals surface area contributed by atoms with Gasteiger partial charge in [0.15, 0.2) is 5.69 Å². The molecule has 0 aliphatic heterocycles. The van der Waals surface area contributed by atoms with Crippen LogP contribution in [0.25, 0.3) is 16.4 Å². The van der Waals surface area contributed by atoms with Gasteiger partial charge in [0, 0.05) is 44.6 Å². The lowest BCUT2D eigenvalue weighted by Gasteiger charge is -2.12. The predicted octanol–water partition coefficient (Wildman–Crippen LogP) is 7.13. The zero-order chi connectivity index (χ0) is 31.5. The number of aromatic carboxylic acids is 1. The molecule has 1 fully saturated rings. The SMILES string of the molecule is Cc1ccc(C#Cc2cccc(-c3nn(-c4nc(C(=O)O)cs4)c(CCCC4CC4)c3Cc3ccc(NS(=O)[O-])c(F)c3)c2)s1. The summed E-state index contributed by atoms with van der Waals surface area (Å²) >= 11 is 0.181. The summed E-state index contributed by atoms with van der Waals surface area (Å²) in [5.41, 5.74) is 4.48. The Morgan fingerprint density at radius 1 is 1.20 bits per heavy atom. The summed E-state index contributed by atoms with van der Waals surface area (Å²) in [6.45, 7) is 2.04. The second-order valence-corrected chi connectivity index (χ2v) is 13.7. The van der Waals surface area contributed by atoms with Crippen molar-refractivity contribution in [3.8, 4) is 28.2 Å². The number of thiazole rings is 1. The van der Waals surface area contributed by atoms with Crippen LogP contribution in [0.1, 0.15) is 68.3 Å². The lowest BCUT2D eigenvalue weighted by Crippen LogP contribution is -2.06. The molecule has 1 atom stereocenters. The van der Waals surface area contributed by atoms with Gasteiger partial charge < -0.3 is 14.4 Å². The minimum Gasteiger partial charge on any atom is -0.755 e. The Bertz CT molecular complexity index is 1970. The Morgan fingerprint density at radius 2 is 2.04 bits per heavy atom. The minimum absolute atomic E-state index is 0.0560. The normalized spacial score (nSPS) is 13.3. The van der Waals surface area contributed by atoms with Gasteiger partial charge >= 0.3 is 5.97 Å². The maximum absolute atomic E-state index is 14.9. The van der Waals surface area contributed by atoms with Gasteiger partial charge in [-0.05, 0) is 67.6 Å². The zero-order valence-electron chi connectivity index (χ0n) is 24.2. The molecular formula is C33H28FN4O4S3-. The molecule has 1 saturated carbocycles. The first-order valence-corrected chi connectivity index (χ1v) is 17.1. The van der Waals surface area contributed by atoms with Gasteiger partial charge in [0.1, 0.15) is 5.82 Å². The number of anilines is 1. The average Bonchev–Trinajstić information content (AvgIpc) is 3.36. The molecule has 0 saturated heterocycles. The third-order valence-corrected chi connectivity index (χ3v) is 9.64. The third kappa shape index (κ3) is 7.57. The number of carboxylic acids is 1. The number of thiophene rings is 1. The summed E-state index contributed by atoms with van der Waals surface area (Å²) in [6.07, 6.45) is 5.45. The van der Waals surface area contributed by atoms with Gasteiger partial charge in [-0.2, -0.15) is 5.10 Å². The molecular weight excluding hydrogens is 632 g/mol. The number of hydrogen-bond donors (Lipinski definition) is 2. The van der Waals surface area contributed by atoms with E-state index >= 15 is 0 Å². The number of hydrogen-bond acceptors (Lipinski definition) is 7. The van der Waals surface area contributed by atoms with Gasteiger partial charge in [-0.15, -0.1) is 22.7 Å². The van der Waals surface area contributed by atoms with E-state index in [0.717, 1.165) is 46.0 Å². The van der Waals surface area contributed by atoms with E-state index in [1.165, 1.54) is 46.6 Å². The number of aromatic nitrogens is 3. The summed E-state index contributed by atoms with van der Waals surface area (Å²) in [7, 11) is 0. The topological polar surface area (TPSA) is 120 Å². The summed E-state index contributed by atoms with van der Waals surface area (Å²) < 4.78 is 40.9. The molecule has 6 rings (SSSR count). The monoisotopic (exact) mass is 659 g/mol. The molecule has 0 amide bonds. The fourth-order valence-corrected chi connectivity index (χ4v) is 7.01. The van der Waals surface area contributed by atoms with Crippen LogP contribution in [0.2, 0.25) is 0 Å². The van der Waals surface area contributed by atoms with E-state index in [1.54, 1.807) is 22.1 Å². The van der Waals surface area contributed by atoms with Gasteiger partial charge in [0.2, 0.25) is 5.13 Å². The highest BCUT2D eigenvalue weighted by molar-refractivity contribution is 7.80. The minimum atomic E-state index is -2.65. The molecule has 0 radical (unpaired) electrons. The molecule has 0 bridgehead atoms. The van der Waals surface area contributed by atoms with Crippen LogP contribution < -0.4 is 4.72 Å². The molecule has 1 unspecified atom stereocenters. The van der Waals surface area contributed by atoms with Gasteiger partial charge in [0.25, 0.3) is 0 Å². The van der Waals surface area contributed by atoms with Crippen LogP contribution in [0.3, 0.4) is 0 Å². The maximum atomic E-state index is 14.9. The van der Waals surface area contributed by atoms with Crippen molar-refractivity contribution in [2.45, 2.75) is 45.4 Å². The van der Waals surface area contributed by atoms with Gasteiger partial charge in [-0.25, -0.2) is 18.9 Å². The molecule has 2 N–H and O–H groups in total. The number of aryl methyl sites for hydroxylation is 1. The van der Waals surface area contributed by atoms with Crippen molar-refractivity contribution in [3.63, 3.8) is 0 Å². The number of nitrogens with zero attached hydrogens (tertiary/aromatic N) is 3. The molecule has 12 heteroatoms. The van der Waals surface area contributed by atoms with Crippen molar-refractivity contribution in [1.82, 2.24) is 14.8 Å². The quantitative estimate of drug-likeness (QED) is 0.115. The van der Waals surface area contributed by atoms with E-state index in [1.807, 2.05) is 43.3 Å². The van der Waals surface area contributed by atoms with Crippen molar-refractivity contribution in [3.05, 3.63) is 104 Å². The molecule has 1 aliphatic rings. The number of rotatable bonds is 11. The zero-order valence-corrected chi connectivity index (χ0v) is 26.7. The summed E-state index contributed by atoms with van der Waals surface area (Å²) in [5.74, 6) is 5.40. The average molecular weight is 660 g/mol. The highest BCUT2D eigenvalue weighted by atomic mass is 32.2. The molecule has 3 heterocycles. The van der Waals surface area contributed by atoms with Gasteiger partial charge in [0.05, 0.1) is 22.0 Å². The van der Waals surface area contributed by atoms with Gasteiger partial charge in [-0.1, -0.05) is 49.3 Å². The summed E-state index contributed by atoms with van der Waals surface area (Å²) in [5, 5.41) is 16.5. The number of benzene rings is 2. The molecule has 5 aromatic rings. The van der Waals surface area contributed by atoms with E-state index in [9.17, 15) is 23.1 Å². The Labute approximate surface area is 270 Å². The van der Waals surface area contributed by atoms with Crippen LogP contribution in [0.5, 0.6) is 0 Å². The number of carboxylic acid groups (broad SMARTS) is 1. The summed E-state index contributed by atoms with van der Waals surface area (Å²) in [6, 6.07) is 16.2. The fourth-order valence-electron chi connectivity index (χ4n) is 5.17. The van der Waals surface area contributed by atoms with Crippen LogP contribution in [0.4, 0.5) is 10.1 Å². The van der Waals surface area contributed by atoms with Gasteiger partial charge in [-0.3, -0.25) is 4.21 Å². The largest absolute Gasteiger partial charge is 0.755 e. The fraction of sp³-hybridized carbons (Fsp3) is 0.242. The second kappa shape index (κ2) is 13.5. The molecule has 1 aliphatic carbocycles. The van der Waals surface area contributed by atoms with Crippen molar-refractivity contribution in [1.29, 1.82) is 0 Å². The standard InChI is InChI=1S/C33H29FN4O4S3/c1-20-8-13-25(44-20)14-11-22-5-2-6-24(16-22)31-26(17-23-12-15-28(27(34)18-23)37-45(41)42)30(7-3-4-21-9-10-21)38(36-31)33-35-29(19-43-33)32(39)40/h2,5-6,8,12-13,15-16,18-19,21,37H,3-4,7,9-10,17H2,1H3,(H,39,40)(H,41,42)/p-1. The second-order valence-electron chi connectivity index (χ2n) is 10.9. The van der Waals surface area contributed by atoms with Crippen molar-refractivity contribution < 1.29 is 23.1 Å². The van der Waals surface area contributed by atoms with Crippen molar-refractivity contribution in [2.75, 3.05) is 4.72 Å². The highest BCUT2D eigenvalue weighted by Crippen LogP contribution is 2.36. The number of halogens is 1. The first kappa shape index (κ1) is 30.9. The summed E-state index contributed by atoms with van der Waals surface area (Å²) in [4.78, 5) is 18.2. The maximum Gasteiger partial charge on any atom is 0.355 e. The van der Waals surface area contributed by atoms with E-state index in [-0.39, 0.29) is 11.4 Å². The van der Waals surface area contributed by atoms with E-state index in [0.29, 0.717) is 29.2 Å². The van der Waals surface area contributed by atoms with Crippen LogP contribution >= 0.6 is 22.7 Å². The van der Waals surface area contributed by atoms with E-state index < -0.39 is 23.1 Å². The van der Waals surface area contributed by atoms with E-state index in [4.69, 9.17) is 5.10 Å².